The maximum Gasteiger partial charge on any atom is 0.223 e. The molecule has 0 aromatic heterocycles. The van der Waals surface area contributed by atoms with Crippen LogP contribution in [0.15, 0.2) is 22.7 Å². The lowest BCUT2D eigenvalue weighted by Gasteiger charge is -2.14. The number of hydrogen-bond acceptors (Lipinski definition) is 2. The quantitative estimate of drug-likeness (QED) is 0.818. The van der Waals surface area contributed by atoms with Crippen molar-refractivity contribution in [3.05, 3.63) is 33.8 Å². The van der Waals surface area contributed by atoms with Gasteiger partial charge in [-0.05, 0) is 42.9 Å². The average molecular weight is 323 g/mol. The van der Waals surface area contributed by atoms with Gasteiger partial charge in [-0.2, -0.15) is 0 Å². The van der Waals surface area contributed by atoms with E-state index in [9.17, 15) is 4.79 Å². The molecule has 1 aromatic carbocycles. The Labute approximate surface area is 122 Å². The lowest BCUT2D eigenvalue weighted by molar-refractivity contribution is -0.122. The number of fused-ring (bicyclic) bond motifs is 1. The molecule has 1 fully saturated rings. The second kappa shape index (κ2) is 5.63. The molecule has 0 bridgehead atoms. The number of benzene rings is 1. The third kappa shape index (κ3) is 3.00. The fourth-order valence-corrected chi connectivity index (χ4v) is 3.32. The number of amides is 1. The Bertz CT molecular complexity index is 485. The molecule has 2 N–H and O–H groups in total. The van der Waals surface area contributed by atoms with Gasteiger partial charge >= 0.3 is 0 Å². The molecule has 4 heteroatoms. The molecule has 3 rings (SSSR count). The summed E-state index contributed by atoms with van der Waals surface area (Å²) in [7, 11) is 0. The third-order valence-electron chi connectivity index (χ3n) is 3.98. The summed E-state index contributed by atoms with van der Waals surface area (Å²) in [5.41, 5.74) is 2.84. The van der Waals surface area contributed by atoms with E-state index in [1.165, 1.54) is 15.6 Å². The zero-order chi connectivity index (χ0) is 13.2. The first-order chi connectivity index (χ1) is 9.25. The number of halogens is 1. The second-order valence-corrected chi connectivity index (χ2v) is 6.27. The average Bonchev–Trinajstić information content (AvgIpc) is 3.17. The highest BCUT2D eigenvalue weighted by atomic mass is 79.9. The van der Waals surface area contributed by atoms with E-state index in [-0.39, 0.29) is 5.91 Å². The number of carbonyl (C=O) groups is 1. The molecule has 0 saturated heterocycles. The SMILES string of the molecule is O=C(NCCNC1CCc2c(Br)cccc21)C1CC1. The predicted molar refractivity (Wildman–Crippen MR) is 78.9 cm³/mol. The first-order valence-electron chi connectivity index (χ1n) is 7.04. The largest absolute Gasteiger partial charge is 0.355 e. The van der Waals surface area contributed by atoms with Crippen LogP contribution >= 0.6 is 15.9 Å². The molecule has 0 spiro atoms. The normalized spacial score (nSPS) is 21.2. The van der Waals surface area contributed by atoms with Crippen molar-refractivity contribution < 1.29 is 4.79 Å². The Kier molecular flexibility index (Phi) is 3.89. The molecule has 1 amide bonds. The number of hydrogen-bond donors (Lipinski definition) is 2. The maximum atomic E-state index is 11.5. The fraction of sp³-hybridized carbons (Fsp3) is 0.533. The van der Waals surface area contributed by atoms with E-state index in [0.29, 0.717) is 12.0 Å². The van der Waals surface area contributed by atoms with E-state index in [1.54, 1.807) is 0 Å². The van der Waals surface area contributed by atoms with E-state index < -0.39 is 0 Å². The lowest BCUT2D eigenvalue weighted by atomic mass is 10.1. The summed E-state index contributed by atoms with van der Waals surface area (Å²) < 4.78 is 1.22. The predicted octanol–water partition coefficient (Wildman–Crippen LogP) is 2.55. The molecule has 1 saturated carbocycles. The summed E-state index contributed by atoms with van der Waals surface area (Å²) in [4.78, 5) is 11.5. The summed E-state index contributed by atoms with van der Waals surface area (Å²) >= 11 is 3.61. The summed E-state index contributed by atoms with van der Waals surface area (Å²) in [6.45, 7) is 1.57. The van der Waals surface area contributed by atoms with Gasteiger partial charge in [-0.15, -0.1) is 0 Å². The van der Waals surface area contributed by atoms with Crippen LogP contribution in [0.25, 0.3) is 0 Å². The Morgan fingerprint density at radius 1 is 1.26 bits per heavy atom. The van der Waals surface area contributed by atoms with Crippen LogP contribution in [0.3, 0.4) is 0 Å². The van der Waals surface area contributed by atoms with Crippen LogP contribution in [0.1, 0.15) is 36.4 Å². The van der Waals surface area contributed by atoms with Crippen LogP contribution in [-0.4, -0.2) is 19.0 Å². The van der Waals surface area contributed by atoms with Gasteiger partial charge in [0.1, 0.15) is 0 Å². The molecule has 2 aliphatic rings. The molecule has 2 aliphatic carbocycles. The summed E-state index contributed by atoms with van der Waals surface area (Å²) in [5.74, 6) is 0.541. The molecule has 19 heavy (non-hydrogen) atoms. The van der Waals surface area contributed by atoms with Gasteiger partial charge < -0.3 is 10.6 Å². The fourth-order valence-electron chi connectivity index (χ4n) is 2.74. The minimum absolute atomic E-state index is 0.233. The molecule has 0 heterocycles. The van der Waals surface area contributed by atoms with E-state index in [4.69, 9.17) is 0 Å². The first-order valence-corrected chi connectivity index (χ1v) is 7.83. The summed E-state index contributed by atoms with van der Waals surface area (Å²) in [6, 6.07) is 6.84. The first kappa shape index (κ1) is 13.1. The van der Waals surface area contributed by atoms with Crippen molar-refractivity contribution in [3.63, 3.8) is 0 Å². The van der Waals surface area contributed by atoms with Crippen LogP contribution in [0.2, 0.25) is 0 Å². The Morgan fingerprint density at radius 3 is 2.89 bits per heavy atom. The van der Waals surface area contributed by atoms with Gasteiger partial charge in [0.15, 0.2) is 0 Å². The molecule has 0 aliphatic heterocycles. The van der Waals surface area contributed by atoms with Crippen LogP contribution in [0.5, 0.6) is 0 Å². The Morgan fingerprint density at radius 2 is 2.11 bits per heavy atom. The van der Waals surface area contributed by atoms with Crippen LogP contribution in [0, 0.1) is 5.92 Å². The van der Waals surface area contributed by atoms with Crippen molar-refractivity contribution in [1.29, 1.82) is 0 Å². The number of nitrogens with one attached hydrogen (secondary N) is 2. The minimum Gasteiger partial charge on any atom is -0.355 e. The highest BCUT2D eigenvalue weighted by molar-refractivity contribution is 9.10. The highest BCUT2D eigenvalue weighted by Gasteiger charge is 2.29. The van der Waals surface area contributed by atoms with Crippen molar-refractivity contribution in [2.24, 2.45) is 5.92 Å². The molecule has 1 atom stereocenters. The van der Waals surface area contributed by atoms with Crippen molar-refractivity contribution in [3.8, 4) is 0 Å². The number of rotatable bonds is 5. The van der Waals surface area contributed by atoms with Crippen molar-refractivity contribution in [1.82, 2.24) is 10.6 Å². The zero-order valence-corrected chi connectivity index (χ0v) is 12.5. The van der Waals surface area contributed by atoms with E-state index >= 15 is 0 Å². The van der Waals surface area contributed by atoms with Gasteiger partial charge in [0.2, 0.25) is 5.91 Å². The molecular weight excluding hydrogens is 304 g/mol. The molecule has 1 aromatic rings. The monoisotopic (exact) mass is 322 g/mol. The Balaban J connectivity index is 1.47. The zero-order valence-electron chi connectivity index (χ0n) is 10.9. The van der Waals surface area contributed by atoms with Crippen molar-refractivity contribution in [2.45, 2.75) is 31.7 Å². The lowest BCUT2D eigenvalue weighted by Crippen LogP contribution is -2.33. The van der Waals surface area contributed by atoms with Gasteiger partial charge in [-0.1, -0.05) is 28.1 Å². The van der Waals surface area contributed by atoms with E-state index in [2.05, 4.69) is 44.8 Å². The topological polar surface area (TPSA) is 41.1 Å². The molecular formula is C15H19BrN2O. The second-order valence-electron chi connectivity index (χ2n) is 5.42. The summed E-state index contributed by atoms with van der Waals surface area (Å²) in [6.07, 6.45) is 4.42. The van der Waals surface area contributed by atoms with Gasteiger partial charge in [0, 0.05) is 29.5 Å². The third-order valence-corrected chi connectivity index (χ3v) is 4.72. The molecule has 0 radical (unpaired) electrons. The van der Waals surface area contributed by atoms with Crippen molar-refractivity contribution in [2.75, 3.05) is 13.1 Å². The number of carbonyl (C=O) groups excluding carboxylic acids is 1. The van der Waals surface area contributed by atoms with Crippen molar-refractivity contribution >= 4 is 21.8 Å². The van der Waals surface area contributed by atoms with Gasteiger partial charge in [-0.25, -0.2) is 0 Å². The van der Waals surface area contributed by atoms with E-state index in [0.717, 1.165) is 38.8 Å². The van der Waals surface area contributed by atoms with Gasteiger partial charge in [0.25, 0.3) is 0 Å². The molecule has 1 unspecified atom stereocenters. The van der Waals surface area contributed by atoms with Gasteiger partial charge in [0.05, 0.1) is 0 Å². The highest BCUT2D eigenvalue weighted by Crippen LogP contribution is 2.35. The molecule has 3 nitrogen and oxygen atoms in total. The smallest absolute Gasteiger partial charge is 0.223 e. The standard InChI is InChI=1S/C15H19BrN2O/c16-13-3-1-2-12-11(13)6-7-14(12)17-8-9-18-15(19)10-4-5-10/h1-3,10,14,17H,4-9H2,(H,18,19). The van der Waals surface area contributed by atoms with Crippen LogP contribution < -0.4 is 10.6 Å². The maximum absolute atomic E-state index is 11.5. The summed E-state index contributed by atoms with van der Waals surface area (Å²) in [5, 5.41) is 6.54. The Hall–Kier alpha value is -0.870. The molecule has 102 valence electrons. The van der Waals surface area contributed by atoms with Crippen LogP contribution in [-0.2, 0) is 11.2 Å². The van der Waals surface area contributed by atoms with Crippen LogP contribution in [0.4, 0.5) is 0 Å². The minimum atomic E-state index is 0.233. The van der Waals surface area contributed by atoms with E-state index in [1.807, 2.05) is 0 Å². The van der Waals surface area contributed by atoms with Gasteiger partial charge in [-0.3, -0.25) is 4.79 Å².